The maximum absolute atomic E-state index is 5.55. The fourth-order valence-electron chi connectivity index (χ4n) is 14.1. The first kappa shape index (κ1) is 55.9. The van der Waals surface area contributed by atoms with Crippen molar-refractivity contribution < 1.29 is 0 Å². The van der Waals surface area contributed by atoms with Gasteiger partial charge >= 0.3 is 0 Å². The Balaban J connectivity index is 0.736. The Morgan fingerprint density at radius 3 is 0.781 bits per heavy atom. The van der Waals surface area contributed by atoms with Crippen molar-refractivity contribution in [3.05, 3.63) is 340 Å². The summed E-state index contributed by atoms with van der Waals surface area (Å²) in [7, 11) is 0. The number of nitrogens with zero attached hydrogens (tertiary/aromatic N) is 6. The molecule has 0 amide bonds. The van der Waals surface area contributed by atoms with Gasteiger partial charge in [0.05, 0.1) is 33.8 Å². The largest absolute Gasteiger partial charge is 0.256 e. The zero-order valence-electron chi connectivity index (χ0n) is 52.0. The molecule has 4 aromatic heterocycles. The van der Waals surface area contributed by atoms with Crippen molar-refractivity contribution in [1.82, 2.24) is 29.9 Å². The molecule has 446 valence electrons. The molecule has 96 heavy (non-hydrogen) atoms. The summed E-state index contributed by atoms with van der Waals surface area (Å²) in [5, 5.41) is 11.4. The number of hydrogen-bond donors (Lipinski definition) is 0. The standard InChI is InChI=1S/C90H56N6/c1-3-17-63(18-4-1)85-71-23-7-11-27-75(71)87(76-28-12-8-24-72(76)85)83-55-81(61-39-31-59(32-40-61)67-47-49-79-69(53-67)21-15-51-91-79)93-89(95-83)65-43-35-57(36-44-65)58-37-45-66(46-38-58)90-94-82(62-41-33-60(34-42-62)68-48-50-80-70(54-68)22-16-52-92-80)56-84(96-90)88-77-29-13-9-25-73(77)86(64-19-5-2-6-20-64)74-26-10-14-30-78(74)88/h1-56H. The molecule has 6 heteroatoms. The highest BCUT2D eigenvalue weighted by molar-refractivity contribution is 6.22. The van der Waals surface area contributed by atoms with Gasteiger partial charge in [-0.2, -0.15) is 0 Å². The molecule has 0 unspecified atom stereocenters. The van der Waals surface area contributed by atoms with Crippen molar-refractivity contribution >= 4 is 64.9 Å². The van der Waals surface area contributed by atoms with E-state index in [0.29, 0.717) is 11.6 Å². The van der Waals surface area contributed by atoms with E-state index in [1.165, 1.54) is 43.8 Å². The minimum atomic E-state index is 0.639. The van der Waals surface area contributed by atoms with Crippen LogP contribution in [0.3, 0.4) is 0 Å². The lowest BCUT2D eigenvalue weighted by Crippen LogP contribution is -1.98. The van der Waals surface area contributed by atoms with Gasteiger partial charge in [-0.05, 0) is 147 Å². The van der Waals surface area contributed by atoms with Gasteiger partial charge in [0.2, 0.25) is 0 Å². The Kier molecular flexibility index (Phi) is 13.8. The van der Waals surface area contributed by atoms with Gasteiger partial charge in [0.15, 0.2) is 11.6 Å². The molecule has 0 aliphatic rings. The summed E-state index contributed by atoms with van der Waals surface area (Å²) in [6, 6.07) is 117. The molecular formula is C90H56N6. The summed E-state index contributed by atoms with van der Waals surface area (Å²) >= 11 is 0. The van der Waals surface area contributed by atoms with Crippen LogP contribution < -0.4 is 0 Å². The molecule has 0 N–H and O–H groups in total. The highest BCUT2D eigenvalue weighted by Crippen LogP contribution is 2.47. The van der Waals surface area contributed by atoms with Crippen molar-refractivity contribution in [1.29, 1.82) is 0 Å². The van der Waals surface area contributed by atoms with Crippen molar-refractivity contribution in [3.8, 4) is 123 Å². The molecule has 0 aliphatic carbocycles. The SMILES string of the molecule is c1ccc(-c2c3ccccc3c(-c3cc(-c4ccc(-c5ccc6ncccc6c5)cc4)nc(-c4ccc(-c5ccc(-c6nc(-c7ccc(-c8ccc9ncccc9c8)cc7)cc(-c7c8ccccc8c(-c8ccccc8)c8ccccc78)n6)cc5)cc4)n3)c3ccccc23)cc1. The highest BCUT2D eigenvalue weighted by atomic mass is 14.9. The third-order valence-electron chi connectivity index (χ3n) is 18.8. The minimum absolute atomic E-state index is 0.639. The molecule has 0 spiro atoms. The van der Waals surface area contributed by atoms with E-state index in [9.17, 15) is 0 Å². The Hall–Kier alpha value is -12.9. The van der Waals surface area contributed by atoms with Crippen LogP contribution in [0.5, 0.6) is 0 Å². The van der Waals surface area contributed by atoms with E-state index in [4.69, 9.17) is 19.9 Å². The summed E-state index contributed by atoms with van der Waals surface area (Å²) in [5.41, 5.74) is 22.6. The predicted molar refractivity (Wildman–Crippen MR) is 398 cm³/mol. The summed E-state index contributed by atoms with van der Waals surface area (Å²) in [4.78, 5) is 31.1. The van der Waals surface area contributed by atoms with E-state index in [0.717, 1.165) is 133 Å². The molecule has 0 saturated carbocycles. The van der Waals surface area contributed by atoms with Crippen LogP contribution in [0.4, 0.5) is 0 Å². The number of aromatic nitrogens is 6. The smallest absolute Gasteiger partial charge is 0.160 e. The molecular weight excluding hydrogens is 1170 g/mol. The lowest BCUT2D eigenvalue weighted by atomic mass is 9.87. The van der Waals surface area contributed by atoms with E-state index in [1.54, 1.807) is 0 Å². The molecule has 14 aromatic carbocycles. The van der Waals surface area contributed by atoms with Crippen molar-refractivity contribution in [3.63, 3.8) is 0 Å². The lowest BCUT2D eigenvalue weighted by molar-refractivity contribution is 1.19. The number of rotatable bonds is 11. The molecule has 0 atom stereocenters. The Labute approximate surface area is 554 Å². The van der Waals surface area contributed by atoms with Crippen molar-refractivity contribution in [2.45, 2.75) is 0 Å². The molecule has 0 bridgehead atoms. The zero-order chi connectivity index (χ0) is 63.5. The van der Waals surface area contributed by atoms with Gasteiger partial charge in [-0.15, -0.1) is 0 Å². The number of benzene rings is 14. The van der Waals surface area contributed by atoms with E-state index in [-0.39, 0.29) is 0 Å². The topological polar surface area (TPSA) is 77.3 Å². The monoisotopic (exact) mass is 1220 g/mol. The van der Waals surface area contributed by atoms with Gasteiger partial charge in [-0.3, -0.25) is 9.97 Å². The second kappa shape index (κ2) is 23.7. The predicted octanol–water partition coefficient (Wildman–Crippen LogP) is 23.3. The molecule has 6 nitrogen and oxygen atoms in total. The van der Waals surface area contributed by atoms with E-state index in [2.05, 4.69) is 325 Å². The van der Waals surface area contributed by atoms with Gasteiger partial charge in [-0.1, -0.05) is 279 Å². The second-order valence-electron chi connectivity index (χ2n) is 24.5. The van der Waals surface area contributed by atoms with Crippen LogP contribution in [-0.2, 0) is 0 Å². The molecule has 4 heterocycles. The van der Waals surface area contributed by atoms with Gasteiger partial charge in [0.1, 0.15) is 0 Å². The van der Waals surface area contributed by atoms with E-state index >= 15 is 0 Å². The number of pyridine rings is 2. The van der Waals surface area contributed by atoms with Gasteiger partial charge < -0.3 is 0 Å². The van der Waals surface area contributed by atoms with Gasteiger partial charge in [0, 0.05) is 56.5 Å². The van der Waals surface area contributed by atoms with Crippen LogP contribution in [0.2, 0.25) is 0 Å². The first-order valence-electron chi connectivity index (χ1n) is 32.5. The zero-order valence-corrected chi connectivity index (χ0v) is 52.0. The average molecular weight is 1220 g/mol. The number of fused-ring (bicyclic) bond motifs is 6. The first-order valence-corrected chi connectivity index (χ1v) is 32.5. The van der Waals surface area contributed by atoms with Crippen molar-refractivity contribution in [2.24, 2.45) is 0 Å². The van der Waals surface area contributed by atoms with Gasteiger partial charge in [0.25, 0.3) is 0 Å². The molecule has 0 fully saturated rings. The molecule has 0 saturated heterocycles. The second-order valence-corrected chi connectivity index (χ2v) is 24.5. The summed E-state index contributed by atoms with van der Waals surface area (Å²) in [5.74, 6) is 1.28. The van der Waals surface area contributed by atoms with Gasteiger partial charge in [-0.25, -0.2) is 19.9 Å². The molecule has 18 rings (SSSR count). The fourth-order valence-corrected chi connectivity index (χ4v) is 14.1. The molecule has 0 radical (unpaired) electrons. The third kappa shape index (κ3) is 10.1. The maximum Gasteiger partial charge on any atom is 0.160 e. The van der Waals surface area contributed by atoms with Crippen LogP contribution in [-0.4, -0.2) is 29.9 Å². The van der Waals surface area contributed by atoms with E-state index < -0.39 is 0 Å². The van der Waals surface area contributed by atoms with Crippen molar-refractivity contribution in [2.75, 3.05) is 0 Å². The average Bonchev–Trinajstić information content (AvgIpc) is 0.744. The molecule has 0 aliphatic heterocycles. The van der Waals surface area contributed by atoms with E-state index in [1.807, 2.05) is 24.5 Å². The quantitative estimate of drug-likeness (QED) is 0.120. The summed E-state index contributed by atoms with van der Waals surface area (Å²) in [6.45, 7) is 0. The summed E-state index contributed by atoms with van der Waals surface area (Å²) < 4.78 is 0. The van der Waals surface area contributed by atoms with Crippen LogP contribution in [0, 0.1) is 0 Å². The van der Waals surface area contributed by atoms with Crippen LogP contribution >= 0.6 is 0 Å². The first-order chi connectivity index (χ1) is 47.6. The minimum Gasteiger partial charge on any atom is -0.256 e. The van der Waals surface area contributed by atoms with Crippen LogP contribution in [0.1, 0.15) is 0 Å². The fraction of sp³-hybridized carbons (Fsp3) is 0. The summed E-state index contributed by atoms with van der Waals surface area (Å²) in [6.07, 6.45) is 3.68. The van der Waals surface area contributed by atoms with Crippen LogP contribution in [0.15, 0.2) is 340 Å². The lowest BCUT2D eigenvalue weighted by Gasteiger charge is -2.18. The Bertz CT molecular complexity index is 5540. The Morgan fingerprint density at radius 2 is 0.438 bits per heavy atom. The normalized spacial score (nSPS) is 11.5. The third-order valence-corrected chi connectivity index (χ3v) is 18.8. The number of hydrogen-bond acceptors (Lipinski definition) is 6. The molecule has 18 aromatic rings. The van der Waals surface area contributed by atoms with Crippen LogP contribution in [0.25, 0.3) is 188 Å². The Morgan fingerprint density at radius 1 is 0.167 bits per heavy atom. The highest BCUT2D eigenvalue weighted by Gasteiger charge is 2.23. The maximum atomic E-state index is 5.55.